The minimum atomic E-state index is -2.37. The lowest BCUT2D eigenvalue weighted by Crippen LogP contribution is -2.57. The maximum absolute atomic E-state index is 13.6. The summed E-state index contributed by atoms with van der Waals surface area (Å²) in [6.07, 6.45) is 0.521. The molecule has 170 valence electrons. The summed E-state index contributed by atoms with van der Waals surface area (Å²) in [7, 11) is -1.16. The van der Waals surface area contributed by atoms with Gasteiger partial charge in [-0.05, 0) is 59.2 Å². The zero-order chi connectivity index (χ0) is 26.1. The van der Waals surface area contributed by atoms with Crippen molar-refractivity contribution >= 4 is 24.4 Å². The van der Waals surface area contributed by atoms with Crippen LogP contribution in [0.15, 0.2) is 30.3 Å². The number of hydrazine groups is 1. The molecule has 8 heteroatoms. The fourth-order valence-electron chi connectivity index (χ4n) is 3.57. The smallest absolute Gasteiger partial charge is 0.491 e. The van der Waals surface area contributed by atoms with Gasteiger partial charge < -0.3 is 14.4 Å². The number of carbonyl (C=O) groups excluding carboxylic acids is 2. The molecule has 0 aromatic heterocycles. The predicted octanol–water partition coefficient (Wildman–Crippen LogP) is 2.68. The largest absolute Gasteiger partial charge is 0.495 e. The van der Waals surface area contributed by atoms with E-state index in [9.17, 15) is 14.6 Å². The third-order valence-corrected chi connectivity index (χ3v) is 5.76. The molecule has 2 N–H and O–H groups in total. The molecule has 0 fully saturated rings. The van der Waals surface area contributed by atoms with E-state index >= 15 is 0 Å². The number of hydrogen-bond acceptors (Lipinski definition) is 5. The molecule has 0 unspecified atom stereocenters. The number of carbonyl (C=O) groups is 2. The van der Waals surface area contributed by atoms with Crippen molar-refractivity contribution in [2.45, 2.75) is 53.4 Å². The SMILES string of the molecule is [2H]C([2H])([2H])c1cc(C)cc(C(=O)N(NC(=O)c2ccc3c(c2C)OCCOB3O)C(C)(C)CC)c1. The van der Waals surface area contributed by atoms with Crippen molar-refractivity contribution in [3.63, 3.8) is 0 Å². The first kappa shape index (κ1) is 19.8. The van der Waals surface area contributed by atoms with Crippen molar-refractivity contribution in [2.75, 3.05) is 13.2 Å². The number of ether oxygens (including phenoxy) is 1. The molecule has 2 amide bonds. The first-order valence-corrected chi connectivity index (χ1v) is 10.6. The molecule has 7 nitrogen and oxygen atoms in total. The number of rotatable bonds is 4. The molecule has 1 heterocycles. The zero-order valence-electron chi connectivity index (χ0n) is 22.1. The summed E-state index contributed by atoms with van der Waals surface area (Å²) in [5, 5.41) is 11.4. The Labute approximate surface area is 194 Å². The second-order valence-electron chi connectivity index (χ2n) is 8.56. The predicted molar refractivity (Wildman–Crippen MR) is 124 cm³/mol. The first-order valence-electron chi connectivity index (χ1n) is 12.1. The highest BCUT2D eigenvalue weighted by Crippen LogP contribution is 2.24. The average molecular weight is 441 g/mol. The van der Waals surface area contributed by atoms with E-state index in [0.29, 0.717) is 28.8 Å². The van der Waals surface area contributed by atoms with E-state index in [-0.39, 0.29) is 29.9 Å². The minimum absolute atomic E-state index is 0.0564. The molecule has 0 radical (unpaired) electrons. The van der Waals surface area contributed by atoms with Crippen molar-refractivity contribution in [2.24, 2.45) is 0 Å². The third-order valence-electron chi connectivity index (χ3n) is 5.76. The number of nitrogens with zero attached hydrogens (tertiary/aromatic N) is 1. The van der Waals surface area contributed by atoms with Gasteiger partial charge in [-0.2, -0.15) is 0 Å². The number of aryl methyl sites for hydroxylation is 2. The Balaban J connectivity index is 1.99. The lowest BCUT2D eigenvalue weighted by atomic mass is 9.77. The van der Waals surface area contributed by atoms with Gasteiger partial charge in [-0.1, -0.05) is 30.2 Å². The van der Waals surface area contributed by atoms with Crippen LogP contribution in [0.3, 0.4) is 0 Å². The van der Waals surface area contributed by atoms with Gasteiger partial charge in [0.05, 0.1) is 12.1 Å². The first-order chi connectivity index (χ1) is 16.3. The summed E-state index contributed by atoms with van der Waals surface area (Å²) >= 11 is 0. The molecule has 2 aromatic rings. The average Bonchev–Trinajstić information content (AvgIpc) is 2.98. The highest BCUT2D eigenvalue weighted by atomic mass is 16.6. The highest BCUT2D eigenvalue weighted by Gasteiger charge is 2.34. The Morgan fingerprint density at radius 1 is 1.22 bits per heavy atom. The van der Waals surface area contributed by atoms with Crippen LogP contribution in [-0.2, 0) is 4.65 Å². The normalized spacial score (nSPS) is 15.4. The topological polar surface area (TPSA) is 88.1 Å². The third kappa shape index (κ3) is 4.81. The summed E-state index contributed by atoms with van der Waals surface area (Å²) in [5.41, 5.74) is 4.00. The van der Waals surface area contributed by atoms with Crippen LogP contribution in [0.2, 0.25) is 0 Å². The van der Waals surface area contributed by atoms with E-state index in [4.69, 9.17) is 13.5 Å². The van der Waals surface area contributed by atoms with Gasteiger partial charge in [0.2, 0.25) is 0 Å². The van der Waals surface area contributed by atoms with Crippen LogP contribution in [0.5, 0.6) is 5.75 Å². The Morgan fingerprint density at radius 2 is 1.94 bits per heavy atom. The van der Waals surface area contributed by atoms with Gasteiger partial charge in [0.1, 0.15) is 12.4 Å². The molecule has 1 aliphatic rings. The quantitative estimate of drug-likeness (QED) is 0.563. The van der Waals surface area contributed by atoms with Gasteiger partial charge >= 0.3 is 7.12 Å². The maximum atomic E-state index is 13.6. The van der Waals surface area contributed by atoms with E-state index in [1.54, 1.807) is 32.0 Å². The molecule has 2 aromatic carbocycles. The Hall–Kier alpha value is -2.84. The number of benzene rings is 2. The minimum Gasteiger partial charge on any atom is -0.491 e. The van der Waals surface area contributed by atoms with Crippen molar-refractivity contribution < 1.29 is 28.1 Å². The Kier molecular flexibility index (Phi) is 5.79. The number of amides is 2. The van der Waals surface area contributed by atoms with E-state index < -0.39 is 31.3 Å². The fourth-order valence-corrected chi connectivity index (χ4v) is 3.57. The Morgan fingerprint density at radius 3 is 2.62 bits per heavy atom. The van der Waals surface area contributed by atoms with Crippen LogP contribution < -0.4 is 15.6 Å². The van der Waals surface area contributed by atoms with Crippen molar-refractivity contribution in [1.82, 2.24) is 10.4 Å². The molecular formula is C24H31BN2O5. The summed E-state index contributed by atoms with van der Waals surface area (Å²) in [5.74, 6) is -0.685. The number of hydrogen-bond donors (Lipinski definition) is 2. The molecule has 0 saturated carbocycles. The molecule has 0 atom stereocenters. The highest BCUT2D eigenvalue weighted by molar-refractivity contribution is 6.61. The summed E-state index contributed by atoms with van der Waals surface area (Å²) < 4.78 is 34.2. The van der Waals surface area contributed by atoms with E-state index in [2.05, 4.69) is 5.43 Å². The van der Waals surface area contributed by atoms with Gasteiger partial charge in [-0.3, -0.25) is 15.0 Å². The lowest BCUT2D eigenvalue weighted by Gasteiger charge is -2.38. The molecule has 0 bridgehead atoms. The van der Waals surface area contributed by atoms with Crippen molar-refractivity contribution in [3.8, 4) is 5.75 Å². The van der Waals surface area contributed by atoms with E-state index in [0.717, 1.165) is 0 Å². The van der Waals surface area contributed by atoms with Crippen molar-refractivity contribution in [1.29, 1.82) is 0 Å². The molecule has 0 spiro atoms. The van der Waals surface area contributed by atoms with Crippen molar-refractivity contribution in [3.05, 3.63) is 58.1 Å². The van der Waals surface area contributed by atoms with Crippen LogP contribution in [-0.4, -0.2) is 47.7 Å². The van der Waals surface area contributed by atoms with Gasteiger partial charge in [0.15, 0.2) is 0 Å². The second-order valence-corrected chi connectivity index (χ2v) is 8.56. The second kappa shape index (κ2) is 9.34. The zero-order valence-corrected chi connectivity index (χ0v) is 19.1. The number of fused-ring (bicyclic) bond motifs is 1. The van der Waals surface area contributed by atoms with Crippen LogP contribution in [0.4, 0.5) is 0 Å². The summed E-state index contributed by atoms with van der Waals surface area (Å²) in [6, 6.07) is 7.58. The number of nitrogens with one attached hydrogen (secondary N) is 1. The van der Waals surface area contributed by atoms with E-state index in [1.165, 1.54) is 17.1 Å². The van der Waals surface area contributed by atoms with Crippen LogP contribution in [0.1, 0.15) is 68.7 Å². The maximum Gasteiger partial charge on any atom is 0.495 e. The lowest BCUT2D eigenvalue weighted by molar-refractivity contribution is 0.0307. The van der Waals surface area contributed by atoms with Gasteiger partial charge in [0, 0.05) is 26.3 Å². The van der Waals surface area contributed by atoms with Gasteiger partial charge in [0.25, 0.3) is 11.8 Å². The fraction of sp³-hybridized carbons (Fsp3) is 0.417. The molecule has 1 aliphatic heterocycles. The van der Waals surface area contributed by atoms with E-state index in [1.807, 2.05) is 20.8 Å². The molecule has 3 rings (SSSR count). The molecule has 0 aliphatic carbocycles. The Bertz CT molecular complexity index is 1140. The molecular weight excluding hydrogens is 407 g/mol. The van der Waals surface area contributed by atoms with Gasteiger partial charge in [-0.15, -0.1) is 0 Å². The van der Waals surface area contributed by atoms with Crippen LogP contribution in [0, 0.1) is 20.7 Å². The standard InChI is InChI=1S/C24H31BN2O5/c1-7-24(5,6)27(23(29)18-13-15(2)12-16(3)14-18)26-22(28)19-8-9-20-21(17(19)4)31-10-11-32-25(20)30/h8-9,12-14,30H,7,10-11H2,1-6H3,(H,26,28)/i2D3. The van der Waals surface area contributed by atoms with Gasteiger partial charge in [-0.25, -0.2) is 5.01 Å². The molecule has 32 heavy (non-hydrogen) atoms. The van der Waals surface area contributed by atoms with Crippen LogP contribution >= 0.6 is 0 Å². The molecule has 0 saturated heterocycles. The summed E-state index contributed by atoms with van der Waals surface area (Å²) in [4.78, 5) is 27.0. The summed E-state index contributed by atoms with van der Waals surface area (Å²) in [6.45, 7) is 6.99. The monoisotopic (exact) mass is 441 g/mol. The van der Waals surface area contributed by atoms with Crippen LogP contribution in [0.25, 0.3) is 0 Å².